The average Bonchev–Trinajstić information content (AvgIpc) is 3.21. The van der Waals surface area contributed by atoms with Crippen molar-refractivity contribution < 1.29 is 0 Å². The highest BCUT2D eigenvalue weighted by Gasteiger charge is 2.15. The molecule has 0 aliphatic heterocycles. The number of hydrogen-bond donors (Lipinski definition) is 3. The van der Waals surface area contributed by atoms with Crippen LogP contribution in [-0.4, -0.2) is 32.1 Å². The number of nitrogens with one attached hydrogen (secondary N) is 2. The van der Waals surface area contributed by atoms with Crippen LogP contribution in [0.5, 0.6) is 0 Å². The van der Waals surface area contributed by atoms with Gasteiger partial charge in [-0.3, -0.25) is 0 Å². The summed E-state index contributed by atoms with van der Waals surface area (Å²) in [5.74, 6) is 1.26. The number of benzene rings is 2. The molecule has 0 unspecified atom stereocenters. The highest BCUT2D eigenvalue weighted by atomic mass is 15.2. The van der Waals surface area contributed by atoms with Gasteiger partial charge in [0.05, 0.1) is 6.33 Å². The number of anilines is 2. The van der Waals surface area contributed by atoms with Crippen molar-refractivity contribution in [3.63, 3.8) is 0 Å². The monoisotopic (exact) mass is 415 g/mol. The van der Waals surface area contributed by atoms with Crippen molar-refractivity contribution in [1.29, 1.82) is 0 Å². The summed E-state index contributed by atoms with van der Waals surface area (Å²) in [5.41, 5.74) is 11.0. The molecule has 0 fully saturated rings. The van der Waals surface area contributed by atoms with Crippen molar-refractivity contribution in [3.8, 4) is 11.1 Å². The van der Waals surface area contributed by atoms with Crippen LogP contribution in [0.3, 0.4) is 0 Å². The molecule has 31 heavy (non-hydrogen) atoms. The Balaban J connectivity index is 1.57. The van der Waals surface area contributed by atoms with Crippen molar-refractivity contribution in [1.82, 2.24) is 19.5 Å². The summed E-state index contributed by atoms with van der Waals surface area (Å²) >= 11 is 0. The van der Waals surface area contributed by atoms with E-state index in [1.165, 1.54) is 16.7 Å². The number of imidazole rings is 1. The standard InChI is InChI=1S/C24H29N7/c1-16(2)31-15-28-21-22(29-24(30-23(21)31)27-13-17(3)25)26-14-18-9-11-20(12-10-18)19-7-5-4-6-8-19/h4-12,15-17H,13-14,25H2,1-3H3,(H2,26,27,29,30)/t17-/m0/s1. The van der Waals surface area contributed by atoms with Gasteiger partial charge in [-0.1, -0.05) is 54.6 Å². The van der Waals surface area contributed by atoms with Gasteiger partial charge in [-0.2, -0.15) is 9.97 Å². The third kappa shape index (κ3) is 4.83. The van der Waals surface area contributed by atoms with Crippen molar-refractivity contribution in [3.05, 3.63) is 66.5 Å². The molecule has 2 heterocycles. The Morgan fingerprint density at radius 1 is 0.903 bits per heavy atom. The first-order valence-electron chi connectivity index (χ1n) is 10.6. The second-order valence-corrected chi connectivity index (χ2v) is 8.09. The van der Waals surface area contributed by atoms with E-state index in [9.17, 15) is 0 Å². The molecule has 1 atom stereocenters. The molecule has 0 bridgehead atoms. The Morgan fingerprint density at radius 3 is 2.29 bits per heavy atom. The molecule has 160 valence electrons. The van der Waals surface area contributed by atoms with E-state index in [4.69, 9.17) is 5.73 Å². The van der Waals surface area contributed by atoms with Gasteiger partial charge in [0.1, 0.15) is 0 Å². The zero-order valence-electron chi connectivity index (χ0n) is 18.2. The van der Waals surface area contributed by atoms with Gasteiger partial charge in [0.2, 0.25) is 5.95 Å². The second kappa shape index (κ2) is 9.14. The Bertz CT molecular complexity index is 1130. The molecule has 2 aromatic carbocycles. The molecule has 7 nitrogen and oxygen atoms in total. The topological polar surface area (TPSA) is 93.7 Å². The van der Waals surface area contributed by atoms with E-state index < -0.39 is 0 Å². The summed E-state index contributed by atoms with van der Waals surface area (Å²) in [6.07, 6.45) is 1.82. The number of fused-ring (bicyclic) bond motifs is 1. The average molecular weight is 416 g/mol. The van der Waals surface area contributed by atoms with Crippen LogP contribution < -0.4 is 16.4 Å². The molecular weight excluding hydrogens is 386 g/mol. The van der Waals surface area contributed by atoms with Gasteiger partial charge >= 0.3 is 0 Å². The lowest BCUT2D eigenvalue weighted by Crippen LogP contribution is -2.26. The van der Waals surface area contributed by atoms with Crippen molar-refractivity contribution in [2.75, 3.05) is 17.2 Å². The minimum atomic E-state index is 0.00819. The van der Waals surface area contributed by atoms with Gasteiger partial charge < -0.3 is 20.9 Å². The van der Waals surface area contributed by atoms with E-state index in [-0.39, 0.29) is 12.1 Å². The van der Waals surface area contributed by atoms with E-state index in [1.807, 2.05) is 23.9 Å². The summed E-state index contributed by atoms with van der Waals surface area (Å²) in [5, 5.41) is 6.67. The summed E-state index contributed by atoms with van der Waals surface area (Å²) in [6.45, 7) is 7.41. The number of rotatable bonds is 8. The fraction of sp³-hybridized carbons (Fsp3) is 0.292. The molecule has 0 spiro atoms. The van der Waals surface area contributed by atoms with Crippen LogP contribution in [0.15, 0.2) is 60.9 Å². The smallest absolute Gasteiger partial charge is 0.226 e. The number of hydrogen-bond acceptors (Lipinski definition) is 6. The maximum absolute atomic E-state index is 5.89. The van der Waals surface area contributed by atoms with Crippen LogP contribution in [0.2, 0.25) is 0 Å². The molecule has 0 aliphatic rings. The maximum Gasteiger partial charge on any atom is 0.226 e. The summed E-state index contributed by atoms with van der Waals surface area (Å²) in [7, 11) is 0. The maximum atomic E-state index is 5.89. The molecule has 0 saturated heterocycles. The number of aromatic nitrogens is 4. The molecule has 0 radical (unpaired) electrons. The molecule has 0 aliphatic carbocycles. The lowest BCUT2D eigenvalue weighted by molar-refractivity contribution is 0.612. The SMILES string of the molecule is CC(C)n1cnc2c(NCc3ccc(-c4ccccc4)cc3)nc(NC[C@H](C)N)nc21. The van der Waals surface area contributed by atoms with E-state index in [0.717, 1.165) is 11.2 Å². The number of nitrogens with zero attached hydrogens (tertiary/aromatic N) is 4. The Kier molecular flexibility index (Phi) is 6.13. The van der Waals surface area contributed by atoms with E-state index >= 15 is 0 Å². The van der Waals surface area contributed by atoms with E-state index in [1.54, 1.807) is 0 Å². The lowest BCUT2D eigenvalue weighted by Gasteiger charge is -2.13. The van der Waals surface area contributed by atoms with Crippen LogP contribution in [0, 0.1) is 0 Å². The first-order valence-corrected chi connectivity index (χ1v) is 10.6. The zero-order valence-corrected chi connectivity index (χ0v) is 18.2. The Morgan fingerprint density at radius 2 is 1.61 bits per heavy atom. The molecular formula is C24H29N7. The third-order valence-corrected chi connectivity index (χ3v) is 5.08. The van der Waals surface area contributed by atoms with Crippen LogP contribution in [-0.2, 0) is 6.54 Å². The molecule has 4 rings (SSSR count). The van der Waals surface area contributed by atoms with Crippen molar-refractivity contribution in [2.45, 2.75) is 39.4 Å². The van der Waals surface area contributed by atoms with Gasteiger partial charge in [0.15, 0.2) is 17.0 Å². The first kappa shape index (κ1) is 20.8. The largest absolute Gasteiger partial charge is 0.364 e. The minimum Gasteiger partial charge on any atom is -0.364 e. The lowest BCUT2D eigenvalue weighted by atomic mass is 10.0. The van der Waals surface area contributed by atoms with Gasteiger partial charge in [-0.25, -0.2) is 4.98 Å². The molecule has 2 aromatic heterocycles. The molecule has 4 N–H and O–H groups in total. The van der Waals surface area contributed by atoms with Crippen LogP contribution in [0.25, 0.3) is 22.3 Å². The highest BCUT2D eigenvalue weighted by molar-refractivity contribution is 5.84. The summed E-state index contributed by atoms with van der Waals surface area (Å²) in [4.78, 5) is 13.9. The predicted molar refractivity (Wildman–Crippen MR) is 127 cm³/mol. The second-order valence-electron chi connectivity index (χ2n) is 8.09. The van der Waals surface area contributed by atoms with Crippen LogP contribution in [0.4, 0.5) is 11.8 Å². The molecule has 0 saturated carbocycles. The predicted octanol–water partition coefficient (Wildman–Crippen LogP) is 4.45. The van der Waals surface area contributed by atoms with Gasteiger partial charge in [-0.05, 0) is 37.5 Å². The fourth-order valence-electron chi connectivity index (χ4n) is 3.38. The van der Waals surface area contributed by atoms with Gasteiger partial charge in [0.25, 0.3) is 0 Å². The fourth-order valence-corrected chi connectivity index (χ4v) is 3.38. The quantitative estimate of drug-likeness (QED) is 0.394. The normalized spacial score (nSPS) is 12.3. The Labute approximate surface area is 182 Å². The first-order chi connectivity index (χ1) is 15.0. The highest BCUT2D eigenvalue weighted by Crippen LogP contribution is 2.24. The van der Waals surface area contributed by atoms with Crippen molar-refractivity contribution in [2.24, 2.45) is 5.73 Å². The van der Waals surface area contributed by atoms with E-state index in [0.29, 0.717) is 24.9 Å². The van der Waals surface area contributed by atoms with Gasteiger partial charge in [0, 0.05) is 25.2 Å². The van der Waals surface area contributed by atoms with Crippen LogP contribution in [0.1, 0.15) is 32.4 Å². The molecule has 4 aromatic rings. The molecule has 7 heteroatoms. The zero-order chi connectivity index (χ0) is 21.8. The minimum absolute atomic E-state index is 0.00819. The third-order valence-electron chi connectivity index (χ3n) is 5.08. The number of nitrogens with two attached hydrogens (primary N) is 1. The Hall–Kier alpha value is -3.45. The van der Waals surface area contributed by atoms with Crippen LogP contribution >= 0.6 is 0 Å². The van der Waals surface area contributed by atoms with Gasteiger partial charge in [-0.15, -0.1) is 0 Å². The summed E-state index contributed by atoms with van der Waals surface area (Å²) in [6, 6.07) is 19.2. The van der Waals surface area contributed by atoms with Crippen molar-refractivity contribution >= 4 is 22.9 Å². The molecule has 0 amide bonds. The summed E-state index contributed by atoms with van der Waals surface area (Å²) < 4.78 is 2.05. The van der Waals surface area contributed by atoms with E-state index in [2.05, 4.69) is 88.0 Å².